The van der Waals surface area contributed by atoms with E-state index in [-0.39, 0.29) is 0 Å². The Bertz CT molecular complexity index is 1120. The van der Waals surface area contributed by atoms with Crippen molar-refractivity contribution in [3.63, 3.8) is 0 Å². The minimum absolute atomic E-state index is 0.481. The SMILES string of the molecule is c1cc(C2CCCCC2)ccc1-c1ccc([I+]c2ccc(-c3ccc(C4CCCCC4)cc3)o2)o1. The second kappa shape index (κ2) is 10.8. The van der Waals surface area contributed by atoms with Crippen LogP contribution in [0.25, 0.3) is 22.6 Å². The molecule has 3 heteroatoms. The molecule has 2 aromatic carbocycles. The average Bonchev–Trinajstić information content (AvgIpc) is 3.60. The zero-order chi connectivity index (χ0) is 23.5. The van der Waals surface area contributed by atoms with E-state index in [1.54, 1.807) is 0 Å². The summed E-state index contributed by atoms with van der Waals surface area (Å²) >= 11 is -0.481. The number of hydrogen-bond acceptors (Lipinski definition) is 2. The zero-order valence-electron chi connectivity index (χ0n) is 20.3. The van der Waals surface area contributed by atoms with Gasteiger partial charge in [0.05, 0.1) is 0 Å². The first-order chi connectivity index (χ1) is 17.3. The Morgan fingerprint density at radius 3 is 1.26 bits per heavy atom. The van der Waals surface area contributed by atoms with E-state index in [1.807, 2.05) is 0 Å². The highest BCUT2D eigenvalue weighted by molar-refractivity contribution is 5.58. The van der Waals surface area contributed by atoms with Crippen molar-refractivity contribution < 1.29 is 30.0 Å². The fraction of sp³-hybridized carbons (Fsp3) is 0.375. The first kappa shape index (κ1) is 23.1. The summed E-state index contributed by atoms with van der Waals surface area (Å²) in [5.41, 5.74) is 5.31. The van der Waals surface area contributed by atoms with Crippen LogP contribution in [0.15, 0.2) is 81.6 Å². The van der Waals surface area contributed by atoms with Crippen molar-refractivity contribution in [1.82, 2.24) is 0 Å². The molecule has 6 rings (SSSR count). The van der Waals surface area contributed by atoms with Gasteiger partial charge in [-0.05, 0) is 60.8 Å². The number of furan rings is 2. The number of benzene rings is 2. The maximum atomic E-state index is 6.25. The molecule has 180 valence electrons. The normalized spacial score (nSPS) is 17.6. The van der Waals surface area contributed by atoms with Crippen molar-refractivity contribution in [2.24, 2.45) is 0 Å². The van der Waals surface area contributed by atoms with Gasteiger partial charge in [0.1, 0.15) is 11.5 Å². The maximum absolute atomic E-state index is 6.25. The highest BCUT2D eigenvalue weighted by atomic mass is 127. The third kappa shape index (κ3) is 5.45. The van der Waals surface area contributed by atoms with Crippen LogP contribution in [0.5, 0.6) is 0 Å². The molecule has 0 aliphatic heterocycles. The minimum Gasteiger partial charge on any atom is -0.418 e. The van der Waals surface area contributed by atoms with Crippen LogP contribution in [0.4, 0.5) is 0 Å². The van der Waals surface area contributed by atoms with Crippen molar-refractivity contribution in [3.8, 4) is 22.6 Å². The monoisotopic (exact) mass is 577 g/mol. The van der Waals surface area contributed by atoms with Crippen LogP contribution < -0.4 is 21.2 Å². The van der Waals surface area contributed by atoms with E-state index in [0.717, 1.165) is 42.0 Å². The topological polar surface area (TPSA) is 26.3 Å². The molecule has 35 heavy (non-hydrogen) atoms. The highest BCUT2D eigenvalue weighted by Crippen LogP contribution is 2.34. The summed E-state index contributed by atoms with van der Waals surface area (Å²) in [5, 5.41) is 0. The van der Waals surface area contributed by atoms with Crippen LogP contribution in [0.1, 0.15) is 87.2 Å². The van der Waals surface area contributed by atoms with E-state index in [2.05, 4.69) is 72.8 Å². The lowest BCUT2D eigenvalue weighted by Crippen LogP contribution is -3.61. The van der Waals surface area contributed by atoms with Gasteiger partial charge in [-0.3, -0.25) is 0 Å². The minimum atomic E-state index is -0.481. The Hall–Kier alpha value is -2.27. The summed E-state index contributed by atoms with van der Waals surface area (Å²) < 4.78 is 14.6. The number of halogens is 1. The van der Waals surface area contributed by atoms with Gasteiger partial charge in [-0.1, -0.05) is 87.1 Å². The molecule has 0 N–H and O–H groups in total. The fourth-order valence-electron chi connectivity index (χ4n) is 5.84. The lowest BCUT2D eigenvalue weighted by Gasteiger charge is -2.21. The van der Waals surface area contributed by atoms with Gasteiger partial charge in [0, 0.05) is 23.3 Å². The van der Waals surface area contributed by atoms with Crippen LogP contribution in [-0.2, 0) is 0 Å². The Morgan fingerprint density at radius 2 is 0.857 bits per heavy atom. The molecule has 2 nitrogen and oxygen atoms in total. The largest absolute Gasteiger partial charge is 0.443 e. The molecular weight excluding hydrogens is 543 g/mol. The molecule has 0 spiro atoms. The Labute approximate surface area is 219 Å². The maximum Gasteiger partial charge on any atom is 0.443 e. The molecule has 2 saturated carbocycles. The lowest BCUT2D eigenvalue weighted by atomic mass is 9.84. The van der Waals surface area contributed by atoms with Crippen LogP contribution >= 0.6 is 0 Å². The van der Waals surface area contributed by atoms with E-state index < -0.39 is 21.2 Å². The highest BCUT2D eigenvalue weighted by Gasteiger charge is 2.26. The van der Waals surface area contributed by atoms with E-state index in [1.165, 1.54) is 75.3 Å². The first-order valence-electron chi connectivity index (χ1n) is 13.4. The van der Waals surface area contributed by atoms with Gasteiger partial charge in [0.25, 0.3) is 0 Å². The van der Waals surface area contributed by atoms with Gasteiger partial charge in [0.2, 0.25) is 0 Å². The van der Waals surface area contributed by atoms with Gasteiger partial charge in [-0.15, -0.1) is 0 Å². The first-order valence-corrected chi connectivity index (χ1v) is 15.5. The molecule has 4 aromatic rings. The average molecular weight is 578 g/mol. The van der Waals surface area contributed by atoms with Crippen LogP contribution in [0.2, 0.25) is 0 Å². The Balaban J connectivity index is 1.10. The van der Waals surface area contributed by atoms with E-state index in [0.29, 0.717) is 0 Å². The van der Waals surface area contributed by atoms with Gasteiger partial charge in [0.15, 0.2) is 0 Å². The molecule has 2 aliphatic carbocycles. The van der Waals surface area contributed by atoms with Gasteiger partial charge in [-0.2, -0.15) is 0 Å². The van der Waals surface area contributed by atoms with E-state index >= 15 is 0 Å². The predicted octanol–water partition coefficient (Wildman–Crippen LogP) is 6.43. The molecule has 2 heterocycles. The second-order valence-corrected chi connectivity index (χ2v) is 12.9. The quantitative estimate of drug-likeness (QED) is 0.247. The van der Waals surface area contributed by atoms with Crippen molar-refractivity contribution >= 4 is 0 Å². The summed E-state index contributed by atoms with van der Waals surface area (Å²) in [5.74, 6) is 3.40. The Kier molecular flexibility index (Phi) is 7.13. The van der Waals surface area contributed by atoms with Crippen molar-refractivity contribution in [3.05, 3.63) is 91.5 Å². The molecule has 0 atom stereocenters. The van der Waals surface area contributed by atoms with Gasteiger partial charge < -0.3 is 8.83 Å². The number of rotatable bonds is 6. The molecule has 0 bridgehead atoms. The van der Waals surface area contributed by atoms with Gasteiger partial charge >= 0.3 is 28.7 Å². The summed E-state index contributed by atoms with van der Waals surface area (Å²) in [4.78, 5) is 0. The zero-order valence-corrected chi connectivity index (χ0v) is 22.5. The molecule has 2 aromatic heterocycles. The summed E-state index contributed by atoms with van der Waals surface area (Å²) in [6, 6.07) is 26.6. The lowest BCUT2D eigenvalue weighted by molar-refractivity contribution is -0.635. The standard InChI is InChI=1S/C32H34IO2/c1-3-7-23(8-4-1)25-11-15-27(16-12-25)29-19-21-31(34-29)33-32-22-20-30(35-32)28-17-13-26(14-18-28)24-9-5-2-6-10-24/h11-24H,1-10H2/q+1. The molecule has 0 unspecified atom stereocenters. The van der Waals surface area contributed by atoms with Crippen LogP contribution in [-0.4, -0.2) is 0 Å². The molecule has 0 amide bonds. The third-order valence-electron chi connectivity index (χ3n) is 7.88. The molecule has 2 aliphatic rings. The molecular formula is C32H34IO2+. The summed E-state index contributed by atoms with van der Waals surface area (Å²) in [6.07, 6.45) is 13.6. The molecule has 0 radical (unpaired) electrons. The second-order valence-electron chi connectivity index (χ2n) is 10.2. The third-order valence-corrected chi connectivity index (χ3v) is 10.1. The van der Waals surface area contributed by atoms with Crippen LogP contribution in [0, 0.1) is 7.53 Å². The molecule has 2 fully saturated rings. The number of hydrogen-bond donors (Lipinski definition) is 0. The fourth-order valence-corrected chi connectivity index (χ4v) is 7.78. The smallest absolute Gasteiger partial charge is 0.418 e. The van der Waals surface area contributed by atoms with E-state index in [9.17, 15) is 0 Å². The molecule has 0 saturated heterocycles. The Morgan fingerprint density at radius 1 is 0.457 bits per heavy atom. The van der Waals surface area contributed by atoms with Crippen LogP contribution in [0.3, 0.4) is 0 Å². The van der Waals surface area contributed by atoms with Crippen molar-refractivity contribution in [2.45, 2.75) is 76.0 Å². The van der Waals surface area contributed by atoms with E-state index in [4.69, 9.17) is 8.83 Å². The van der Waals surface area contributed by atoms with Crippen molar-refractivity contribution in [2.75, 3.05) is 0 Å². The van der Waals surface area contributed by atoms with Crippen molar-refractivity contribution in [1.29, 1.82) is 0 Å². The summed E-state index contributed by atoms with van der Waals surface area (Å²) in [7, 11) is 0. The van der Waals surface area contributed by atoms with Gasteiger partial charge in [-0.25, -0.2) is 0 Å². The predicted molar refractivity (Wildman–Crippen MR) is 137 cm³/mol. The summed E-state index contributed by atoms with van der Waals surface area (Å²) in [6.45, 7) is 0.